The Morgan fingerprint density at radius 2 is 1.79 bits per heavy atom. The fraction of sp³-hybridized carbons (Fsp3) is 0.423. The Kier molecular flexibility index (Phi) is 7.53. The number of carbonyl (C=O) groups is 2. The van der Waals surface area contributed by atoms with Gasteiger partial charge >= 0.3 is 0 Å². The third-order valence-electron chi connectivity index (χ3n) is 6.44. The molecule has 200 valence electrons. The first kappa shape index (κ1) is 26.9. The minimum absolute atomic E-state index is 0.0181. The van der Waals surface area contributed by atoms with Crippen molar-refractivity contribution in [3.05, 3.63) is 35.7 Å². The molecule has 0 saturated carbocycles. The van der Waals surface area contributed by atoms with Crippen LogP contribution in [0.15, 0.2) is 29.5 Å². The van der Waals surface area contributed by atoms with E-state index < -0.39 is 11.3 Å². The maximum atomic E-state index is 12.8. The molecule has 3 heterocycles. The maximum Gasteiger partial charge on any atom is 0.278 e. The normalized spacial score (nSPS) is 15.1. The van der Waals surface area contributed by atoms with Crippen molar-refractivity contribution in [3.8, 4) is 0 Å². The number of anilines is 4. The molecule has 0 spiro atoms. The van der Waals surface area contributed by atoms with Gasteiger partial charge in [0.05, 0.1) is 6.42 Å². The summed E-state index contributed by atoms with van der Waals surface area (Å²) in [5, 5.41) is 3.27. The second-order valence-electron chi connectivity index (χ2n) is 10.5. The zero-order valence-electron chi connectivity index (χ0n) is 22.4. The predicted octanol–water partition coefficient (Wildman–Crippen LogP) is 2.31. The van der Waals surface area contributed by atoms with Gasteiger partial charge in [-0.05, 0) is 31.7 Å². The molecule has 1 aliphatic rings. The van der Waals surface area contributed by atoms with E-state index in [1.807, 2.05) is 6.92 Å². The third kappa shape index (κ3) is 6.02. The van der Waals surface area contributed by atoms with Crippen molar-refractivity contribution in [2.24, 2.45) is 16.1 Å². The van der Waals surface area contributed by atoms with Crippen LogP contribution in [0.4, 0.5) is 23.3 Å². The number of nitrogens with two attached hydrogens (primary N) is 2. The SMILES string of the molecule is Cc1ccc(C(=O)N=C(N)CC(=O)C(C)(C)C)cc1Nc1ncnc2c(N)nc(N3CCN(C)CC3)nc12. The van der Waals surface area contributed by atoms with E-state index in [2.05, 4.69) is 42.1 Å². The number of carbonyl (C=O) groups excluding carboxylic acids is 2. The molecule has 2 aromatic heterocycles. The van der Waals surface area contributed by atoms with Crippen molar-refractivity contribution >= 4 is 51.8 Å². The number of piperazine rings is 1. The Labute approximate surface area is 221 Å². The largest absolute Gasteiger partial charge is 0.387 e. The van der Waals surface area contributed by atoms with E-state index in [1.54, 1.807) is 39.0 Å². The van der Waals surface area contributed by atoms with E-state index in [0.717, 1.165) is 31.7 Å². The minimum Gasteiger partial charge on any atom is -0.387 e. The van der Waals surface area contributed by atoms with Crippen LogP contribution in [0.5, 0.6) is 0 Å². The molecule has 0 radical (unpaired) electrons. The van der Waals surface area contributed by atoms with E-state index in [4.69, 9.17) is 16.5 Å². The fourth-order valence-electron chi connectivity index (χ4n) is 3.88. The number of hydrogen-bond acceptors (Lipinski definition) is 10. The summed E-state index contributed by atoms with van der Waals surface area (Å²) >= 11 is 0. The molecule has 1 aromatic carbocycles. The Morgan fingerprint density at radius 1 is 1.08 bits per heavy atom. The summed E-state index contributed by atoms with van der Waals surface area (Å²) in [4.78, 5) is 51.2. The molecule has 1 fully saturated rings. The van der Waals surface area contributed by atoms with Gasteiger partial charge in [-0.1, -0.05) is 26.8 Å². The van der Waals surface area contributed by atoms with E-state index in [9.17, 15) is 9.59 Å². The number of likely N-dealkylation sites (N-methyl/N-ethyl adjacent to an activating group) is 1. The van der Waals surface area contributed by atoms with Gasteiger partial charge in [0, 0.05) is 42.8 Å². The van der Waals surface area contributed by atoms with Gasteiger partial charge in [-0.15, -0.1) is 0 Å². The van der Waals surface area contributed by atoms with Crippen LogP contribution in [0, 0.1) is 12.3 Å². The van der Waals surface area contributed by atoms with Gasteiger partial charge in [-0.3, -0.25) is 9.59 Å². The zero-order chi connectivity index (χ0) is 27.6. The molecule has 0 unspecified atom stereocenters. The highest BCUT2D eigenvalue weighted by molar-refractivity contribution is 6.09. The van der Waals surface area contributed by atoms with Crippen LogP contribution in [0.25, 0.3) is 11.0 Å². The number of hydrogen-bond donors (Lipinski definition) is 3. The summed E-state index contributed by atoms with van der Waals surface area (Å²) in [6.45, 7) is 10.7. The average molecular weight is 519 g/mol. The van der Waals surface area contributed by atoms with Gasteiger partial charge in [0.25, 0.3) is 5.91 Å². The average Bonchev–Trinajstić information content (AvgIpc) is 2.85. The lowest BCUT2D eigenvalue weighted by Crippen LogP contribution is -2.45. The van der Waals surface area contributed by atoms with Gasteiger partial charge in [-0.25, -0.2) is 15.0 Å². The van der Waals surface area contributed by atoms with Crippen molar-refractivity contribution in [2.75, 3.05) is 49.2 Å². The lowest BCUT2D eigenvalue weighted by atomic mass is 9.89. The Hall–Kier alpha value is -4.19. The summed E-state index contributed by atoms with van der Waals surface area (Å²) in [6, 6.07) is 5.12. The Morgan fingerprint density at radius 3 is 2.47 bits per heavy atom. The summed E-state index contributed by atoms with van der Waals surface area (Å²) in [5.41, 5.74) is 14.3. The number of amides is 1. The standard InChI is InChI=1S/C26H34N10O2/c1-15-6-7-16(24(38)32-19(27)13-18(37)26(2,3)4)12-17(15)31-23-21-20(29-14-30-23)22(28)34-25(33-21)36-10-8-35(5)9-11-36/h6-7,12,14H,8-11,13H2,1-5H3,(H2,27,32,38)(H2,28,33,34)(H,29,30,31). The molecule has 1 saturated heterocycles. The van der Waals surface area contributed by atoms with Gasteiger partial charge in [0.1, 0.15) is 29.0 Å². The number of aryl methyl sites for hydroxylation is 1. The van der Waals surface area contributed by atoms with Crippen LogP contribution >= 0.6 is 0 Å². The van der Waals surface area contributed by atoms with Crippen molar-refractivity contribution in [2.45, 2.75) is 34.1 Å². The second-order valence-corrected chi connectivity index (χ2v) is 10.5. The fourth-order valence-corrected chi connectivity index (χ4v) is 3.88. The van der Waals surface area contributed by atoms with Gasteiger partial charge in [0.15, 0.2) is 11.6 Å². The molecule has 1 aliphatic heterocycles. The van der Waals surface area contributed by atoms with Gasteiger partial charge in [0.2, 0.25) is 5.95 Å². The number of ketones is 1. The summed E-state index contributed by atoms with van der Waals surface area (Å²) in [6.07, 6.45) is 1.30. The lowest BCUT2D eigenvalue weighted by Gasteiger charge is -2.32. The van der Waals surface area contributed by atoms with Crippen molar-refractivity contribution in [3.63, 3.8) is 0 Å². The van der Waals surface area contributed by atoms with E-state index in [0.29, 0.717) is 34.1 Å². The van der Waals surface area contributed by atoms with Crippen LogP contribution in [0.1, 0.15) is 43.1 Å². The number of fused-ring (bicyclic) bond motifs is 1. The van der Waals surface area contributed by atoms with Gasteiger partial charge in [-0.2, -0.15) is 9.98 Å². The number of nitrogens with one attached hydrogen (secondary N) is 1. The van der Waals surface area contributed by atoms with Gasteiger partial charge < -0.3 is 26.6 Å². The molecule has 4 rings (SSSR count). The molecule has 0 bridgehead atoms. The second kappa shape index (κ2) is 10.7. The minimum atomic E-state index is -0.568. The number of nitrogens with zero attached hydrogens (tertiary/aromatic N) is 7. The van der Waals surface area contributed by atoms with Crippen molar-refractivity contribution in [1.29, 1.82) is 0 Å². The molecule has 1 amide bonds. The number of nitrogen functional groups attached to an aromatic ring is 1. The van der Waals surface area contributed by atoms with Crippen molar-refractivity contribution < 1.29 is 9.59 Å². The molecule has 12 nitrogen and oxygen atoms in total. The van der Waals surface area contributed by atoms with Crippen LogP contribution < -0.4 is 21.7 Å². The number of benzene rings is 1. The van der Waals surface area contributed by atoms with Crippen molar-refractivity contribution in [1.82, 2.24) is 24.8 Å². The van der Waals surface area contributed by atoms with Crippen LogP contribution in [-0.2, 0) is 4.79 Å². The topological polar surface area (TPSA) is 169 Å². The van der Waals surface area contributed by atoms with Crippen LogP contribution in [0.2, 0.25) is 0 Å². The first-order valence-corrected chi connectivity index (χ1v) is 12.4. The smallest absolute Gasteiger partial charge is 0.278 e. The highest BCUT2D eigenvalue weighted by Crippen LogP contribution is 2.28. The molecular weight excluding hydrogens is 484 g/mol. The molecule has 0 atom stereocenters. The lowest BCUT2D eigenvalue weighted by molar-refractivity contribution is -0.125. The molecule has 12 heteroatoms. The summed E-state index contributed by atoms with van der Waals surface area (Å²) in [5.74, 6) is 0.580. The number of rotatable bonds is 6. The molecule has 5 N–H and O–H groups in total. The van der Waals surface area contributed by atoms with Crippen LogP contribution in [0.3, 0.4) is 0 Å². The highest BCUT2D eigenvalue weighted by atomic mass is 16.1. The molecular formula is C26H34N10O2. The number of Topliss-reactive ketones (excluding diaryl/α,β-unsaturated/α-hetero) is 1. The maximum absolute atomic E-state index is 12.8. The highest BCUT2D eigenvalue weighted by Gasteiger charge is 2.23. The summed E-state index contributed by atoms with van der Waals surface area (Å²) < 4.78 is 0. The van der Waals surface area contributed by atoms with E-state index in [1.165, 1.54) is 6.33 Å². The monoisotopic (exact) mass is 518 g/mol. The Balaban J connectivity index is 1.62. The third-order valence-corrected chi connectivity index (χ3v) is 6.44. The number of aliphatic imine (C=N–C) groups is 1. The first-order valence-electron chi connectivity index (χ1n) is 12.4. The molecule has 38 heavy (non-hydrogen) atoms. The molecule has 0 aliphatic carbocycles. The number of amidine groups is 1. The number of aromatic nitrogens is 4. The molecule has 3 aromatic rings. The Bertz CT molecular complexity index is 1410. The van der Waals surface area contributed by atoms with Crippen LogP contribution in [-0.4, -0.2) is 75.6 Å². The van der Waals surface area contributed by atoms with E-state index >= 15 is 0 Å². The zero-order valence-corrected chi connectivity index (χ0v) is 22.4. The first-order chi connectivity index (χ1) is 17.9. The van der Waals surface area contributed by atoms with E-state index in [-0.39, 0.29) is 23.9 Å². The summed E-state index contributed by atoms with van der Waals surface area (Å²) in [7, 11) is 2.08. The predicted molar refractivity (Wildman–Crippen MR) is 149 cm³/mol. The quantitative estimate of drug-likeness (QED) is 0.323.